The van der Waals surface area contributed by atoms with Crippen molar-refractivity contribution in [1.82, 2.24) is 5.32 Å². The Hall–Kier alpha value is -0.660. The zero-order valence-corrected chi connectivity index (χ0v) is 10.8. The quantitative estimate of drug-likeness (QED) is 0.500. The lowest BCUT2D eigenvalue weighted by Crippen LogP contribution is -2.41. The maximum Gasteiger partial charge on any atom is 0.220 e. The lowest BCUT2D eigenvalue weighted by molar-refractivity contribution is -0.121. The summed E-state index contributed by atoms with van der Waals surface area (Å²) < 4.78 is 0. The Kier molecular flexibility index (Phi) is 9.16. The van der Waals surface area contributed by atoms with Crippen LogP contribution in [0.25, 0.3) is 0 Å². The van der Waals surface area contributed by atoms with Gasteiger partial charge in [-0.05, 0) is 26.0 Å². The monoisotopic (exact) mass is 243 g/mol. The van der Waals surface area contributed by atoms with E-state index in [9.17, 15) is 4.79 Å². The van der Waals surface area contributed by atoms with Gasteiger partial charge in [-0.2, -0.15) is 11.8 Å². The van der Waals surface area contributed by atoms with Crippen molar-refractivity contribution in [2.45, 2.75) is 43.9 Å². The second kappa shape index (κ2) is 9.56. The summed E-state index contributed by atoms with van der Waals surface area (Å²) in [6, 6.07) is 0.000124. The smallest absolute Gasteiger partial charge is 0.220 e. The largest absolute Gasteiger partial charge is 0.395 e. The average molecular weight is 243 g/mol. The Balaban J connectivity index is 3.73. The molecular weight excluding hydrogens is 222 g/mol. The molecule has 3 nitrogen and oxygen atoms in total. The molecule has 0 aliphatic carbocycles. The van der Waals surface area contributed by atoms with Crippen LogP contribution >= 0.6 is 11.8 Å². The summed E-state index contributed by atoms with van der Waals surface area (Å²) in [4.78, 5) is 11.5. The van der Waals surface area contributed by atoms with Gasteiger partial charge < -0.3 is 10.4 Å². The molecule has 0 radical (unpaired) electrons. The number of aliphatic hydroxyl groups excluding tert-OH is 1. The van der Waals surface area contributed by atoms with Crippen LogP contribution in [0.1, 0.15) is 32.6 Å². The number of hydrogen-bond donors (Lipinski definition) is 2. The third-order valence-corrected chi connectivity index (χ3v) is 3.57. The Bertz CT molecular complexity index is 234. The summed E-state index contributed by atoms with van der Waals surface area (Å²) in [6.07, 6.45) is 10.0. The van der Waals surface area contributed by atoms with Crippen molar-refractivity contribution in [1.29, 1.82) is 0 Å². The van der Waals surface area contributed by atoms with Crippen molar-refractivity contribution in [3.05, 3.63) is 0 Å². The van der Waals surface area contributed by atoms with E-state index in [1.807, 2.05) is 13.2 Å². The maximum absolute atomic E-state index is 11.5. The van der Waals surface area contributed by atoms with Crippen LogP contribution in [0.3, 0.4) is 0 Å². The minimum atomic E-state index is 0.000124. The molecule has 0 aromatic carbocycles. The standard InChI is InChI=1S/C12H21NO2S/c1-4-5-6-7-8-12(15)13-10(2)11(9-14)16-3/h1,10-11,14H,5-9H2,2-3H3,(H,13,15). The molecule has 0 aromatic rings. The molecule has 0 saturated carbocycles. The zero-order valence-electron chi connectivity index (χ0n) is 10.0. The Morgan fingerprint density at radius 2 is 2.25 bits per heavy atom. The highest BCUT2D eigenvalue weighted by Gasteiger charge is 2.16. The number of carbonyl (C=O) groups is 1. The van der Waals surface area contributed by atoms with E-state index >= 15 is 0 Å². The number of rotatable bonds is 8. The fourth-order valence-corrected chi connectivity index (χ4v) is 1.99. The molecule has 92 valence electrons. The lowest BCUT2D eigenvalue weighted by atomic mass is 10.1. The van der Waals surface area contributed by atoms with Gasteiger partial charge in [0.1, 0.15) is 0 Å². The van der Waals surface area contributed by atoms with Gasteiger partial charge in [-0.15, -0.1) is 12.3 Å². The van der Waals surface area contributed by atoms with Gasteiger partial charge in [0, 0.05) is 24.1 Å². The lowest BCUT2D eigenvalue weighted by Gasteiger charge is -2.21. The molecular formula is C12H21NO2S. The maximum atomic E-state index is 11.5. The molecule has 0 bridgehead atoms. The van der Waals surface area contributed by atoms with Crippen molar-refractivity contribution < 1.29 is 9.90 Å². The molecule has 2 unspecified atom stereocenters. The third kappa shape index (κ3) is 6.76. The van der Waals surface area contributed by atoms with Gasteiger partial charge in [0.05, 0.1) is 6.61 Å². The first-order chi connectivity index (χ1) is 7.65. The Morgan fingerprint density at radius 3 is 2.75 bits per heavy atom. The summed E-state index contributed by atoms with van der Waals surface area (Å²) in [7, 11) is 0. The highest BCUT2D eigenvalue weighted by atomic mass is 32.2. The number of terminal acetylenes is 1. The van der Waals surface area contributed by atoms with Crippen LogP contribution in [0.5, 0.6) is 0 Å². The summed E-state index contributed by atoms with van der Waals surface area (Å²) >= 11 is 1.56. The van der Waals surface area contributed by atoms with Gasteiger partial charge in [-0.25, -0.2) is 0 Å². The van der Waals surface area contributed by atoms with Crippen molar-refractivity contribution >= 4 is 17.7 Å². The topological polar surface area (TPSA) is 49.3 Å². The fraction of sp³-hybridized carbons (Fsp3) is 0.750. The van der Waals surface area contributed by atoms with Crippen LogP contribution < -0.4 is 5.32 Å². The number of hydrogen-bond acceptors (Lipinski definition) is 3. The van der Waals surface area contributed by atoms with Gasteiger partial charge in [-0.3, -0.25) is 4.79 Å². The minimum Gasteiger partial charge on any atom is -0.395 e. The first-order valence-corrected chi connectivity index (χ1v) is 6.81. The van der Waals surface area contributed by atoms with E-state index in [1.165, 1.54) is 0 Å². The van der Waals surface area contributed by atoms with Crippen molar-refractivity contribution in [3.8, 4) is 12.3 Å². The third-order valence-electron chi connectivity index (χ3n) is 2.40. The van der Waals surface area contributed by atoms with E-state index in [1.54, 1.807) is 11.8 Å². The summed E-state index contributed by atoms with van der Waals surface area (Å²) in [6.45, 7) is 2.00. The number of thioether (sulfide) groups is 1. The fourth-order valence-electron chi connectivity index (χ4n) is 1.37. The predicted molar refractivity (Wildman–Crippen MR) is 69.3 cm³/mol. The molecule has 0 aliphatic rings. The number of aliphatic hydroxyl groups is 1. The number of nitrogens with one attached hydrogen (secondary N) is 1. The summed E-state index contributed by atoms with van der Waals surface area (Å²) in [5.74, 6) is 2.59. The highest BCUT2D eigenvalue weighted by molar-refractivity contribution is 7.99. The van der Waals surface area contributed by atoms with E-state index in [0.717, 1.165) is 19.3 Å². The van der Waals surface area contributed by atoms with E-state index in [2.05, 4.69) is 11.2 Å². The molecule has 0 saturated heterocycles. The van der Waals surface area contributed by atoms with Gasteiger partial charge in [-0.1, -0.05) is 0 Å². The molecule has 4 heteroatoms. The van der Waals surface area contributed by atoms with E-state index < -0.39 is 0 Å². The SMILES string of the molecule is C#CCCCCC(=O)NC(C)C(CO)SC. The van der Waals surface area contributed by atoms with Gasteiger partial charge >= 0.3 is 0 Å². The molecule has 0 spiro atoms. The first kappa shape index (κ1) is 15.3. The predicted octanol–water partition coefficient (Wildman–Crippen LogP) is 1.41. The van der Waals surface area contributed by atoms with Crippen molar-refractivity contribution in [2.75, 3.05) is 12.9 Å². The van der Waals surface area contributed by atoms with Crippen LogP contribution in [0.2, 0.25) is 0 Å². The number of unbranched alkanes of at least 4 members (excludes halogenated alkanes) is 2. The highest BCUT2D eigenvalue weighted by Crippen LogP contribution is 2.10. The summed E-state index contributed by atoms with van der Waals surface area (Å²) in [5.41, 5.74) is 0. The molecule has 0 aliphatic heterocycles. The Morgan fingerprint density at radius 1 is 1.56 bits per heavy atom. The number of amides is 1. The van der Waals surface area contributed by atoms with Crippen LogP contribution in [0.4, 0.5) is 0 Å². The summed E-state index contributed by atoms with van der Waals surface area (Å²) in [5, 5.41) is 12.0. The molecule has 2 N–H and O–H groups in total. The van der Waals surface area contributed by atoms with Gasteiger partial charge in [0.2, 0.25) is 5.91 Å². The zero-order chi connectivity index (χ0) is 12.4. The minimum absolute atomic E-state index is 0.000124. The number of carbonyl (C=O) groups excluding carboxylic acids is 1. The van der Waals surface area contributed by atoms with Crippen LogP contribution in [0, 0.1) is 12.3 Å². The normalized spacial score (nSPS) is 13.9. The molecule has 0 fully saturated rings. The molecule has 1 amide bonds. The Labute approximate surface area is 102 Å². The van der Waals surface area contributed by atoms with Gasteiger partial charge in [0.25, 0.3) is 0 Å². The molecule has 16 heavy (non-hydrogen) atoms. The molecule has 0 aromatic heterocycles. The molecule has 2 atom stereocenters. The average Bonchev–Trinajstić information content (AvgIpc) is 2.26. The van der Waals surface area contributed by atoms with Gasteiger partial charge in [0.15, 0.2) is 0 Å². The van der Waals surface area contributed by atoms with E-state index in [0.29, 0.717) is 6.42 Å². The van der Waals surface area contributed by atoms with Crippen LogP contribution in [-0.2, 0) is 4.79 Å². The van der Waals surface area contributed by atoms with E-state index in [-0.39, 0.29) is 23.8 Å². The molecule has 0 heterocycles. The van der Waals surface area contributed by atoms with E-state index in [4.69, 9.17) is 11.5 Å². The van der Waals surface area contributed by atoms with Crippen molar-refractivity contribution in [3.63, 3.8) is 0 Å². The van der Waals surface area contributed by atoms with Crippen molar-refractivity contribution in [2.24, 2.45) is 0 Å². The van der Waals surface area contributed by atoms with Crippen LogP contribution in [-0.4, -0.2) is 35.2 Å². The second-order valence-electron chi connectivity index (χ2n) is 3.72. The second-order valence-corrected chi connectivity index (χ2v) is 4.80. The van der Waals surface area contributed by atoms with Crippen LogP contribution in [0.15, 0.2) is 0 Å². The molecule has 0 rings (SSSR count). The first-order valence-electron chi connectivity index (χ1n) is 5.52.